The fraction of sp³-hybridized carbons (Fsp3) is 0.115. The van der Waals surface area contributed by atoms with Crippen LogP contribution in [0.5, 0.6) is 0 Å². The molecule has 0 bridgehead atoms. The average molecular weight is 410 g/mol. The van der Waals surface area contributed by atoms with Crippen LogP contribution in [0.1, 0.15) is 21.6 Å². The van der Waals surface area contributed by atoms with E-state index in [1.807, 2.05) is 91.0 Å². The molecule has 0 aliphatic rings. The van der Waals surface area contributed by atoms with Gasteiger partial charge in [0.25, 0.3) is 5.91 Å². The van der Waals surface area contributed by atoms with E-state index < -0.39 is 17.9 Å². The monoisotopic (exact) mass is 410 g/mol. The Bertz CT molecular complexity index is 1170. The maximum atomic E-state index is 13.1. The van der Waals surface area contributed by atoms with Crippen LogP contribution in [0, 0.1) is 0 Å². The first kappa shape index (κ1) is 20.3. The molecule has 0 aliphatic heterocycles. The molecule has 0 unspecified atom stereocenters. The van der Waals surface area contributed by atoms with E-state index in [9.17, 15) is 9.59 Å². The third kappa shape index (κ3) is 5.14. The number of rotatable bonds is 7. The van der Waals surface area contributed by atoms with Gasteiger partial charge in [-0.05, 0) is 22.6 Å². The molecule has 0 saturated carbocycles. The molecule has 154 valence electrons. The molecule has 0 spiro atoms. The fourth-order valence-electron chi connectivity index (χ4n) is 3.40. The molecule has 31 heavy (non-hydrogen) atoms. The second-order valence-electron chi connectivity index (χ2n) is 7.19. The van der Waals surface area contributed by atoms with Crippen LogP contribution in [0.4, 0.5) is 0 Å². The molecule has 5 heteroatoms. The van der Waals surface area contributed by atoms with E-state index in [2.05, 4.69) is 10.3 Å². The topological polar surface area (TPSA) is 68.3 Å². The normalized spacial score (nSPS) is 11.6. The molecule has 0 aliphatic carbocycles. The van der Waals surface area contributed by atoms with Crippen molar-refractivity contribution in [2.24, 2.45) is 0 Å². The molecule has 1 aromatic heterocycles. The average Bonchev–Trinajstić information content (AvgIpc) is 2.83. The Kier molecular flexibility index (Phi) is 6.33. The summed E-state index contributed by atoms with van der Waals surface area (Å²) in [6, 6.07) is 27.5. The van der Waals surface area contributed by atoms with Crippen LogP contribution in [0.25, 0.3) is 10.8 Å². The van der Waals surface area contributed by atoms with Crippen molar-refractivity contribution < 1.29 is 14.3 Å². The van der Waals surface area contributed by atoms with E-state index in [4.69, 9.17) is 4.74 Å². The predicted molar refractivity (Wildman–Crippen MR) is 119 cm³/mol. The number of amides is 1. The van der Waals surface area contributed by atoms with Gasteiger partial charge in [0, 0.05) is 18.0 Å². The van der Waals surface area contributed by atoms with E-state index in [0.29, 0.717) is 6.42 Å². The third-order valence-corrected chi connectivity index (χ3v) is 4.99. The summed E-state index contributed by atoms with van der Waals surface area (Å²) in [6.45, 7) is 0.146. The summed E-state index contributed by atoms with van der Waals surface area (Å²) in [5.41, 5.74) is 2.10. The second-order valence-corrected chi connectivity index (χ2v) is 7.19. The van der Waals surface area contributed by atoms with Crippen molar-refractivity contribution in [2.45, 2.75) is 19.1 Å². The number of hydrogen-bond donors (Lipinski definition) is 1. The summed E-state index contributed by atoms with van der Waals surface area (Å²) in [5, 5.41) is 4.48. The number of benzene rings is 3. The highest BCUT2D eigenvalue weighted by Gasteiger charge is 2.25. The summed E-state index contributed by atoms with van der Waals surface area (Å²) < 4.78 is 5.51. The summed E-state index contributed by atoms with van der Waals surface area (Å²) in [5.74, 6) is -0.893. The van der Waals surface area contributed by atoms with Crippen LogP contribution in [0.2, 0.25) is 0 Å². The summed E-state index contributed by atoms with van der Waals surface area (Å²) >= 11 is 0. The zero-order chi connectivity index (χ0) is 21.5. The highest BCUT2D eigenvalue weighted by atomic mass is 16.5. The van der Waals surface area contributed by atoms with E-state index >= 15 is 0 Å². The lowest BCUT2D eigenvalue weighted by molar-refractivity contribution is -0.147. The first-order valence-electron chi connectivity index (χ1n) is 10.1. The van der Waals surface area contributed by atoms with E-state index in [-0.39, 0.29) is 12.3 Å². The molecule has 4 aromatic rings. The molecule has 5 nitrogen and oxygen atoms in total. The van der Waals surface area contributed by atoms with Crippen molar-refractivity contribution in [3.05, 3.63) is 114 Å². The van der Waals surface area contributed by atoms with Crippen LogP contribution in [0.15, 0.2) is 97.2 Å². The highest BCUT2D eigenvalue weighted by molar-refractivity contribution is 6.06. The van der Waals surface area contributed by atoms with Gasteiger partial charge in [0.1, 0.15) is 18.3 Å². The Balaban J connectivity index is 1.54. The number of ether oxygens (including phenoxy) is 1. The van der Waals surface area contributed by atoms with Gasteiger partial charge in [-0.3, -0.25) is 9.78 Å². The van der Waals surface area contributed by atoms with E-state index in [1.54, 1.807) is 6.20 Å². The van der Waals surface area contributed by atoms with Crippen molar-refractivity contribution in [1.82, 2.24) is 10.3 Å². The van der Waals surface area contributed by atoms with Crippen molar-refractivity contribution in [3.8, 4) is 0 Å². The minimum absolute atomic E-state index is 0.146. The van der Waals surface area contributed by atoms with Gasteiger partial charge in [-0.1, -0.05) is 84.9 Å². The third-order valence-electron chi connectivity index (χ3n) is 4.99. The first-order valence-corrected chi connectivity index (χ1v) is 10.1. The Morgan fingerprint density at radius 2 is 1.45 bits per heavy atom. The lowest BCUT2D eigenvalue weighted by Crippen LogP contribution is -2.43. The number of carbonyl (C=O) groups excluding carboxylic acids is 2. The number of esters is 1. The smallest absolute Gasteiger partial charge is 0.329 e. The summed E-state index contributed by atoms with van der Waals surface area (Å²) in [7, 11) is 0. The standard InChI is InChI=1S/C26H22N2O3/c29-25(24-22-14-8-7-13-21(22)15-16-27-24)28-23(17-19-9-3-1-4-10-19)26(30)31-18-20-11-5-2-6-12-20/h1-16,23H,17-18H2,(H,28,29)/t23-/m1/s1. The van der Waals surface area contributed by atoms with Gasteiger partial charge in [0.05, 0.1) is 0 Å². The first-order chi connectivity index (χ1) is 15.2. The van der Waals surface area contributed by atoms with E-state index in [0.717, 1.165) is 21.9 Å². The SMILES string of the molecule is O=C(N[C@H](Cc1ccccc1)C(=O)OCc1ccccc1)c1nccc2ccccc12. The summed E-state index contributed by atoms with van der Waals surface area (Å²) in [6.07, 6.45) is 1.92. The van der Waals surface area contributed by atoms with Crippen LogP contribution in [-0.2, 0) is 22.6 Å². The molecule has 0 fully saturated rings. The molecule has 0 saturated heterocycles. The van der Waals surface area contributed by atoms with Gasteiger partial charge in [0.15, 0.2) is 0 Å². The second kappa shape index (κ2) is 9.67. The molecule has 4 rings (SSSR count). The van der Waals surface area contributed by atoms with Crippen molar-refractivity contribution in [2.75, 3.05) is 0 Å². The molecule has 3 aromatic carbocycles. The van der Waals surface area contributed by atoms with Gasteiger partial charge >= 0.3 is 5.97 Å². The number of carbonyl (C=O) groups is 2. The minimum Gasteiger partial charge on any atom is -0.459 e. The van der Waals surface area contributed by atoms with Gasteiger partial charge in [-0.25, -0.2) is 4.79 Å². The summed E-state index contributed by atoms with van der Waals surface area (Å²) in [4.78, 5) is 30.2. The highest BCUT2D eigenvalue weighted by Crippen LogP contribution is 2.17. The largest absolute Gasteiger partial charge is 0.459 e. The maximum absolute atomic E-state index is 13.1. The quantitative estimate of drug-likeness (QED) is 0.461. The lowest BCUT2D eigenvalue weighted by atomic mass is 10.0. The number of nitrogens with one attached hydrogen (secondary N) is 1. The Hall–Kier alpha value is -3.99. The fourth-order valence-corrected chi connectivity index (χ4v) is 3.40. The van der Waals surface area contributed by atoms with Gasteiger partial charge in [-0.15, -0.1) is 0 Å². The Morgan fingerprint density at radius 3 is 2.19 bits per heavy atom. The molecule has 1 amide bonds. The maximum Gasteiger partial charge on any atom is 0.329 e. The molecular formula is C26H22N2O3. The van der Waals surface area contributed by atoms with Crippen molar-refractivity contribution in [1.29, 1.82) is 0 Å². The number of hydrogen-bond acceptors (Lipinski definition) is 4. The van der Waals surface area contributed by atoms with Crippen LogP contribution >= 0.6 is 0 Å². The molecule has 1 heterocycles. The van der Waals surface area contributed by atoms with Crippen LogP contribution < -0.4 is 5.32 Å². The Morgan fingerprint density at radius 1 is 0.806 bits per heavy atom. The number of fused-ring (bicyclic) bond motifs is 1. The minimum atomic E-state index is -0.834. The van der Waals surface area contributed by atoms with Crippen LogP contribution in [0.3, 0.4) is 0 Å². The molecule has 1 N–H and O–H groups in total. The zero-order valence-corrected chi connectivity index (χ0v) is 16.9. The number of pyridine rings is 1. The van der Waals surface area contributed by atoms with Crippen LogP contribution in [-0.4, -0.2) is 22.9 Å². The van der Waals surface area contributed by atoms with Crippen molar-refractivity contribution >= 4 is 22.6 Å². The Labute approximate surface area is 180 Å². The van der Waals surface area contributed by atoms with Gasteiger partial charge in [-0.2, -0.15) is 0 Å². The zero-order valence-electron chi connectivity index (χ0n) is 16.9. The van der Waals surface area contributed by atoms with Gasteiger partial charge in [0.2, 0.25) is 0 Å². The van der Waals surface area contributed by atoms with E-state index in [1.165, 1.54) is 0 Å². The predicted octanol–water partition coefficient (Wildman–Crippen LogP) is 4.32. The molecule has 1 atom stereocenters. The lowest BCUT2D eigenvalue weighted by Gasteiger charge is -2.18. The number of aromatic nitrogens is 1. The molecule has 0 radical (unpaired) electrons. The molecular weight excluding hydrogens is 388 g/mol. The van der Waals surface area contributed by atoms with Crippen molar-refractivity contribution in [3.63, 3.8) is 0 Å². The number of nitrogens with zero attached hydrogens (tertiary/aromatic N) is 1. The van der Waals surface area contributed by atoms with Gasteiger partial charge < -0.3 is 10.1 Å².